The van der Waals surface area contributed by atoms with Crippen LogP contribution in [0.1, 0.15) is 20.3 Å². The van der Waals surface area contributed by atoms with E-state index >= 15 is 0 Å². The smallest absolute Gasteiger partial charge is 0.150 e. The van der Waals surface area contributed by atoms with Crippen LogP contribution in [0.3, 0.4) is 0 Å². The molecule has 0 atom stereocenters. The standard InChI is InChI=1S/C6H12Cl2Si/c1-4-5-6(2,3)9(7)8/h4,9H,1,5H2,2-3H3. The number of allylic oxidation sites excluding steroid dienone is 1. The van der Waals surface area contributed by atoms with Crippen molar-refractivity contribution in [3.8, 4) is 0 Å². The van der Waals surface area contributed by atoms with E-state index in [-0.39, 0.29) is 5.04 Å². The highest BCUT2D eigenvalue weighted by atomic mass is 35.7. The Morgan fingerprint density at radius 3 is 2.11 bits per heavy atom. The number of hydrogen-bond acceptors (Lipinski definition) is 0. The Labute approximate surface area is 67.9 Å². The van der Waals surface area contributed by atoms with E-state index in [1.165, 1.54) is 0 Å². The summed E-state index contributed by atoms with van der Waals surface area (Å²) in [6, 6.07) is 0. The third kappa shape index (κ3) is 3.29. The normalized spacial score (nSPS) is 12.1. The SMILES string of the molecule is C=CCC(C)(C)[SiH](Cl)Cl. The second-order valence-electron chi connectivity index (χ2n) is 2.78. The minimum Gasteiger partial charge on any atom is -0.150 e. The molecule has 3 heteroatoms. The Morgan fingerprint density at radius 1 is 1.56 bits per heavy atom. The monoisotopic (exact) mass is 182 g/mol. The quantitative estimate of drug-likeness (QED) is 0.358. The predicted molar refractivity (Wildman–Crippen MR) is 47.7 cm³/mol. The van der Waals surface area contributed by atoms with Crippen LogP contribution in [0.25, 0.3) is 0 Å². The van der Waals surface area contributed by atoms with Crippen LogP contribution in [-0.4, -0.2) is 7.42 Å². The van der Waals surface area contributed by atoms with Crippen molar-refractivity contribution in [3.05, 3.63) is 12.7 Å². The van der Waals surface area contributed by atoms with Crippen LogP contribution in [0.2, 0.25) is 5.04 Å². The molecule has 0 saturated carbocycles. The van der Waals surface area contributed by atoms with Gasteiger partial charge in [0, 0.05) is 0 Å². The summed E-state index contributed by atoms with van der Waals surface area (Å²) in [5.74, 6) is 0. The molecule has 0 amide bonds. The van der Waals surface area contributed by atoms with Gasteiger partial charge >= 0.3 is 0 Å². The molecule has 0 unspecified atom stereocenters. The molecule has 0 nitrogen and oxygen atoms in total. The zero-order valence-corrected chi connectivity index (χ0v) is 8.49. The summed E-state index contributed by atoms with van der Waals surface area (Å²) in [7, 11) is -1.52. The van der Waals surface area contributed by atoms with Crippen molar-refractivity contribution in [1.82, 2.24) is 0 Å². The van der Waals surface area contributed by atoms with Crippen molar-refractivity contribution in [3.63, 3.8) is 0 Å². The van der Waals surface area contributed by atoms with E-state index in [4.69, 9.17) is 22.2 Å². The van der Waals surface area contributed by atoms with Gasteiger partial charge in [0.25, 0.3) is 0 Å². The lowest BCUT2D eigenvalue weighted by Gasteiger charge is -2.21. The number of hydrogen-bond donors (Lipinski definition) is 0. The van der Waals surface area contributed by atoms with E-state index in [2.05, 4.69) is 20.4 Å². The molecule has 0 radical (unpaired) electrons. The molecular weight excluding hydrogens is 171 g/mol. The highest BCUT2D eigenvalue weighted by Crippen LogP contribution is 2.36. The zero-order chi connectivity index (χ0) is 7.49. The van der Waals surface area contributed by atoms with Gasteiger partial charge in [0.15, 0.2) is 0 Å². The highest BCUT2D eigenvalue weighted by Gasteiger charge is 2.26. The van der Waals surface area contributed by atoms with Crippen LogP contribution in [0.5, 0.6) is 0 Å². The predicted octanol–water partition coefficient (Wildman–Crippen LogP) is 3.04. The second-order valence-corrected chi connectivity index (χ2v) is 8.24. The molecule has 0 aromatic rings. The molecule has 0 aliphatic carbocycles. The van der Waals surface area contributed by atoms with Crippen molar-refractivity contribution in [2.24, 2.45) is 0 Å². The van der Waals surface area contributed by atoms with Crippen LogP contribution in [0, 0.1) is 0 Å². The molecule has 0 saturated heterocycles. The van der Waals surface area contributed by atoms with Crippen molar-refractivity contribution in [2.45, 2.75) is 25.3 Å². The van der Waals surface area contributed by atoms with Gasteiger partial charge in [-0.25, -0.2) is 0 Å². The topological polar surface area (TPSA) is 0 Å². The Kier molecular flexibility index (Phi) is 3.86. The average Bonchev–Trinajstić information content (AvgIpc) is 1.65. The molecule has 0 aromatic heterocycles. The fourth-order valence-corrected chi connectivity index (χ4v) is 1.34. The Morgan fingerprint density at radius 2 is 2.00 bits per heavy atom. The van der Waals surface area contributed by atoms with Gasteiger partial charge in [0.1, 0.15) is 0 Å². The molecule has 0 fully saturated rings. The van der Waals surface area contributed by atoms with E-state index < -0.39 is 7.42 Å². The van der Waals surface area contributed by atoms with E-state index in [9.17, 15) is 0 Å². The molecule has 9 heavy (non-hydrogen) atoms. The molecule has 54 valence electrons. The van der Waals surface area contributed by atoms with Crippen molar-refractivity contribution < 1.29 is 0 Å². The summed E-state index contributed by atoms with van der Waals surface area (Å²) in [6.45, 7) is 7.78. The van der Waals surface area contributed by atoms with Crippen molar-refractivity contribution in [2.75, 3.05) is 0 Å². The maximum atomic E-state index is 5.80. The van der Waals surface area contributed by atoms with Crippen LogP contribution in [0.4, 0.5) is 0 Å². The van der Waals surface area contributed by atoms with Crippen molar-refractivity contribution >= 4 is 29.6 Å². The van der Waals surface area contributed by atoms with Gasteiger partial charge in [-0.3, -0.25) is 0 Å². The van der Waals surface area contributed by atoms with Gasteiger partial charge in [0.2, 0.25) is 7.42 Å². The Balaban J connectivity index is 3.84. The Bertz CT molecular complexity index is 99.2. The second kappa shape index (κ2) is 3.64. The summed E-state index contributed by atoms with van der Waals surface area (Å²) < 4.78 is 0. The molecule has 0 spiro atoms. The molecule has 0 rings (SSSR count). The summed E-state index contributed by atoms with van der Waals surface area (Å²) in [6.07, 6.45) is 2.78. The lowest BCUT2D eigenvalue weighted by Crippen LogP contribution is -2.15. The minimum atomic E-state index is -1.52. The molecule has 0 aliphatic rings. The van der Waals surface area contributed by atoms with Gasteiger partial charge in [-0.15, -0.1) is 28.7 Å². The Hall–Kier alpha value is 0.537. The first-order valence-corrected chi connectivity index (χ1v) is 6.96. The van der Waals surface area contributed by atoms with E-state index in [1.807, 2.05) is 6.08 Å². The fourth-order valence-electron chi connectivity index (χ4n) is 0.461. The van der Waals surface area contributed by atoms with Gasteiger partial charge in [-0.1, -0.05) is 19.9 Å². The molecule has 0 aromatic carbocycles. The molecule has 0 bridgehead atoms. The lowest BCUT2D eigenvalue weighted by atomic mass is 10.1. The molecule has 0 heterocycles. The molecule has 0 aliphatic heterocycles. The molecule has 0 N–H and O–H groups in total. The van der Waals surface area contributed by atoms with Crippen LogP contribution >= 0.6 is 22.2 Å². The van der Waals surface area contributed by atoms with Crippen LogP contribution in [0.15, 0.2) is 12.7 Å². The molecular formula is C6H12Cl2Si. The largest absolute Gasteiger partial charge is 0.242 e. The third-order valence-corrected chi connectivity index (χ3v) is 6.22. The minimum absolute atomic E-state index is 0.102. The average molecular weight is 183 g/mol. The maximum Gasteiger partial charge on any atom is 0.242 e. The van der Waals surface area contributed by atoms with E-state index in [0.717, 1.165) is 6.42 Å². The summed E-state index contributed by atoms with van der Waals surface area (Å²) in [5, 5.41) is 0.102. The van der Waals surface area contributed by atoms with Gasteiger partial charge in [-0.05, 0) is 11.5 Å². The maximum absolute atomic E-state index is 5.80. The van der Waals surface area contributed by atoms with Crippen LogP contribution < -0.4 is 0 Å². The first-order chi connectivity index (χ1) is 4.00. The van der Waals surface area contributed by atoms with E-state index in [0.29, 0.717) is 0 Å². The first-order valence-electron chi connectivity index (χ1n) is 2.90. The van der Waals surface area contributed by atoms with E-state index in [1.54, 1.807) is 0 Å². The van der Waals surface area contributed by atoms with Gasteiger partial charge < -0.3 is 0 Å². The van der Waals surface area contributed by atoms with Gasteiger partial charge in [0.05, 0.1) is 0 Å². The lowest BCUT2D eigenvalue weighted by molar-refractivity contribution is 0.686. The summed E-state index contributed by atoms with van der Waals surface area (Å²) >= 11 is 11.6. The third-order valence-electron chi connectivity index (χ3n) is 1.26. The van der Waals surface area contributed by atoms with Crippen LogP contribution in [-0.2, 0) is 0 Å². The summed E-state index contributed by atoms with van der Waals surface area (Å²) in [4.78, 5) is 0. The van der Waals surface area contributed by atoms with Gasteiger partial charge in [-0.2, -0.15) is 0 Å². The van der Waals surface area contributed by atoms with Crippen molar-refractivity contribution in [1.29, 1.82) is 0 Å². The first kappa shape index (κ1) is 9.54. The number of halogens is 2. The summed E-state index contributed by atoms with van der Waals surface area (Å²) in [5.41, 5.74) is 0. The highest BCUT2D eigenvalue weighted by molar-refractivity contribution is 7.35. The zero-order valence-electron chi connectivity index (χ0n) is 5.82. The number of rotatable bonds is 3. The fraction of sp³-hybridized carbons (Fsp3) is 0.667.